The van der Waals surface area contributed by atoms with Gasteiger partial charge >= 0.3 is 17.9 Å². The monoisotopic (exact) mass is 360 g/mol. The topological polar surface area (TPSA) is 93.1 Å². The highest BCUT2D eigenvalue weighted by molar-refractivity contribution is 5.71. The number of aliphatic hydroxyl groups is 2. The highest BCUT2D eigenvalue weighted by atomic mass is 16.8. The van der Waals surface area contributed by atoms with Crippen molar-refractivity contribution in [2.45, 2.75) is 103 Å². The second kappa shape index (κ2) is 15.1. The standard InChI is InChI=1S/C19H36O6/c1-3-5-7-9-11-13-17(21)24-19(23,15-16-20)25-18(22)14-12-10-8-6-4-2/h20,23H,3-16H2,1-2H3. The van der Waals surface area contributed by atoms with Crippen LogP contribution in [0.5, 0.6) is 0 Å². The Balaban J connectivity index is 4.19. The first-order valence-electron chi connectivity index (χ1n) is 9.74. The summed E-state index contributed by atoms with van der Waals surface area (Å²) in [5.74, 6) is -3.61. The third-order valence-electron chi connectivity index (χ3n) is 3.94. The highest BCUT2D eigenvalue weighted by Gasteiger charge is 2.35. The van der Waals surface area contributed by atoms with E-state index in [0.717, 1.165) is 51.4 Å². The van der Waals surface area contributed by atoms with Gasteiger partial charge in [0.25, 0.3) is 0 Å². The van der Waals surface area contributed by atoms with Gasteiger partial charge in [-0.05, 0) is 12.8 Å². The van der Waals surface area contributed by atoms with Crippen LogP contribution >= 0.6 is 0 Å². The van der Waals surface area contributed by atoms with Crippen molar-refractivity contribution >= 4 is 11.9 Å². The van der Waals surface area contributed by atoms with Crippen LogP contribution in [0.25, 0.3) is 0 Å². The van der Waals surface area contributed by atoms with E-state index in [1.165, 1.54) is 0 Å². The summed E-state index contributed by atoms with van der Waals surface area (Å²) in [4.78, 5) is 23.6. The smallest absolute Gasteiger partial charge is 0.375 e. The molecule has 0 aliphatic heterocycles. The van der Waals surface area contributed by atoms with Crippen molar-refractivity contribution in [2.75, 3.05) is 6.61 Å². The van der Waals surface area contributed by atoms with Crippen LogP contribution in [0.1, 0.15) is 97.3 Å². The molecule has 0 amide bonds. The zero-order valence-electron chi connectivity index (χ0n) is 15.9. The molecule has 0 aromatic rings. The Morgan fingerprint density at radius 3 is 1.52 bits per heavy atom. The van der Waals surface area contributed by atoms with E-state index in [1.807, 2.05) is 0 Å². The summed E-state index contributed by atoms with van der Waals surface area (Å²) in [7, 11) is 0. The van der Waals surface area contributed by atoms with Crippen molar-refractivity contribution in [1.82, 2.24) is 0 Å². The molecule has 148 valence electrons. The van der Waals surface area contributed by atoms with Crippen LogP contribution in [0.4, 0.5) is 0 Å². The van der Waals surface area contributed by atoms with Crippen LogP contribution in [0.15, 0.2) is 0 Å². The van der Waals surface area contributed by atoms with E-state index in [9.17, 15) is 14.7 Å². The van der Waals surface area contributed by atoms with Gasteiger partial charge in [0.15, 0.2) is 0 Å². The van der Waals surface area contributed by atoms with E-state index in [-0.39, 0.29) is 19.3 Å². The predicted octanol–water partition coefficient (Wildman–Crippen LogP) is 3.82. The lowest BCUT2D eigenvalue weighted by Gasteiger charge is -2.26. The Labute approximate surface area is 151 Å². The molecule has 0 aromatic carbocycles. The van der Waals surface area contributed by atoms with Gasteiger partial charge in [-0.3, -0.25) is 9.59 Å². The van der Waals surface area contributed by atoms with Crippen molar-refractivity contribution in [3.05, 3.63) is 0 Å². The fraction of sp³-hybridized carbons (Fsp3) is 0.895. The summed E-state index contributed by atoms with van der Waals surface area (Å²) in [6, 6.07) is 0. The SMILES string of the molecule is CCCCCCCC(=O)OC(O)(CCO)OC(=O)CCCCCCC. The first kappa shape index (κ1) is 23.9. The second-order valence-electron chi connectivity index (χ2n) is 6.46. The molecule has 6 nitrogen and oxygen atoms in total. The molecule has 25 heavy (non-hydrogen) atoms. The van der Waals surface area contributed by atoms with Gasteiger partial charge in [-0.2, -0.15) is 0 Å². The molecular weight excluding hydrogens is 324 g/mol. The highest BCUT2D eigenvalue weighted by Crippen LogP contribution is 2.18. The molecule has 0 fully saturated rings. The Bertz CT molecular complexity index is 328. The Kier molecular flexibility index (Phi) is 14.5. The first-order chi connectivity index (χ1) is 12.0. The molecule has 0 aliphatic rings. The van der Waals surface area contributed by atoms with E-state index in [2.05, 4.69) is 13.8 Å². The third-order valence-corrected chi connectivity index (χ3v) is 3.94. The molecule has 0 unspecified atom stereocenters. The maximum Gasteiger partial charge on any atom is 0.375 e. The average Bonchev–Trinajstić information content (AvgIpc) is 2.54. The van der Waals surface area contributed by atoms with E-state index in [0.29, 0.717) is 12.8 Å². The van der Waals surface area contributed by atoms with E-state index in [1.54, 1.807) is 0 Å². The molecule has 2 N–H and O–H groups in total. The molecule has 0 aliphatic carbocycles. The van der Waals surface area contributed by atoms with Gasteiger partial charge in [0.05, 0.1) is 13.0 Å². The van der Waals surface area contributed by atoms with Crippen LogP contribution in [-0.4, -0.2) is 34.7 Å². The lowest BCUT2D eigenvalue weighted by molar-refractivity contribution is -0.329. The number of hydrogen-bond donors (Lipinski definition) is 2. The Hall–Kier alpha value is -1.14. The number of rotatable bonds is 16. The molecule has 0 radical (unpaired) electrons. The van der Waals surface area contributed by atoms with Gasteiger partial charge in [0, 0.05) is 12.8 Å². The van der Waals surface area contributed by atoms with Crippen LogP contribution in [0.3, 0.4) is 0 Å². The molecule has 0 saturated heterocycles. The summed E-state index contributed by atoms with van der Waals surface area (Å²) in [6.07, 6.45) is 9.73. The zero-order valence-corrected chi connectivity index (χ0v) is 15.9. The van der Waals surface area contributed by atoms with E-state index in [4.69, 9.17) is 14.6 Å². The van der Waals surface area contributed by atoms with Gasteiger partial charge in [-0.1, -0.05) is 65.2 Å². The van der Waals surface area contributed by atoms with Crippen molar-refractivity contribution < 1.29 is 29.3 Å². The van der Waals surface area contributed by atoms with Crippen LogP contribution in [-0.2, 0) is 19.1 Å². The maximum absolute atomic E-state index is 11.8. The average molecular weight is 360 g/mol. The fourth-order valence-electron chi connectivity index (χ4n) is 2.47. The quantitative estimate of drug-likeness (QED) is 0.247. The van der Waals surface area contributed by atoms with Crippen LogP contribution in [0, 0.1) is 0 Å². The number of carbonyl (C=O) groups is 2. The zero-order chi connectivity index (χ0) is 19.0. The summed E-state index contributed by atoms with van der Waals surface area (Å²) >= 11 is 0. The second-order valence-corrected chi connectivity index (χ2v) is 6.46. The van der Waals surface area contributed by atoms with E-state index < -0.39 is 24.5 Å². The molecule has 0 atom stereocenters. The number of aliphatic hydroxyl groups excluding tert-OH is 1. The molecule has 0 rings (SSSR count). The van der Waals surface area contributed by atoms with Crippen molar-refractivity contribution in [1.29, 1.82) is 0 Å². The minimum Gasteiger partial charge on any atom is -0.398 e. The van der Waals surface area contributed by atoms with Gasteiger partial charge in [-0.25, -0.2) is 0 Å². The number of unbranched alkanes of at least 4 members (excludes halogenated alkanes) is 8. The summed E-state index contributed by atoms with van der Waals surface area (Å²) in [6.45, 7) is 3.77. The fourth-order valence-corrected chi connectivity index (χ4v) is 2.47. The molecule has 0 aromatic heterocycles. The van der Waals surface area contributed by atoms with Crippen molar-refractivity contribution in [3.63, 3.8) is 0 Å². The minimum absolute atomic E-state index is 0.159. The third kappa shape index (κ3) is 13.8. The number of ether oxygens (including phenoxy) is 2. The molecule has 0 heterocycles. The van der Waals surface area contributed by atoms with Gasteiger partial charge in [-0.15, -0.1) is 0 Å². The summed E-state index contributed by atoms with van der Waals surface area (Å²) in [5, 5.41) is 19.2. The number of carbonyl (C=O) groups excluding carboxylic acids is 2. The molecule has 0 bridgehead atoms. The van der Waals surface area contributed by atoms with Gasteiger partial charge in [0.2, 0.25) is 0 Å². The predicted molar refractivity (Wildman–Crippen MR) is 95.6 cm³/mol. The minimum atomic E-state index is -2.37. The van der Waals surface area contributed by atoms with Crippen molar-refractivity contribution in [2.24, 2.45) is 0 Å². The number of hydrogen-bond acceptors (Lipinski definition) is 6. The van der Waals surface area contributed by atoms with Gasteiger partial charge in [0.1, 0.15) is 0 Å². The van der Waals surface area contributed by atoms with E-state index >= 15 is 0 Å². The molecule has 0 saturated carbocycles. The summed E-state index contributed by atoms with van der Waals surface area (Å²) < 4.78 is 9.83. The van der Waals surface area contributed by atoms with Crippen LogP contribution in [0.2, 0.25) is 0 Å². The lowest BCUT2D eigenvalue weighted by Crippen LogP contribution is -2.41. The Morgan fingerprint density at radius 2 is 1.16 bits per heavy atom. The Morgan fingerprint density at radius 1 is 0.760 bits per heavy atom. The molecule has 0 spiro atoms. The largest absolute Gasteiger partial charge is 0.398 e. The first-order valence-corrected chi connectivity index (χ1v) is 9.74. The maximum atomic E-state index is 11.8. The molecule has 6 heteroatoms. The van der Waals surface area contributed by atoms with Crippen molar-refractivity contribution in [3.8, 4) is 0 Å². The lowest BCUT2D eigenvalue weighted by atomic mass is 10.1. The molecular formula is C19H36O6. The summed E-state index contributed by atoms with van der Waals surface area (Å²) in [5.41, 5.74) is 0. The van der Waals surface area contributed by atoms with Gasteiger partial charge < -0.3 is 19.7 Å². The normalized spacial score (nSPS) is 11.4. The number of esters is 2. The van der Waals surface area contributed by atoms with Crippen LogP contribution < -0.4 is 0 Å².